The van der Waals surface area contributed by atoms with Crippen LogP contribution in [-0.4, -0.2) is 49.2 Å². The summed E-state index contributed by atoms with van der Waals surface area (Å²) in [4.78, 5) is 26.1. The first-order valence-corrected chi connectivity index (χ1v) is 9.43. The largest absolute Gasteiger partial charge is 0.379 e. The number of rotatable bonds is 7. The third-order valence-electron chi connectivity index (χ3n) is 3.98. The first-order valence-electron chi connectivity index (χ1n) is 8.55. The fourth-order valence-corrected chi connectivity index (χ4v) is 3.23. The Morgan fingerprint density at radius 3 is 2.75 bits per heavy atom. The van der Waals surface area contributed by atoms with Gasteiger partial charge in [-0.25, -0.2) is 4.79 Å². The maximum Gasteiger partial charge on any atom is 0.322 e. The number of piperidine rings is 1. The van der Waals surface area contributed by atoms with Crippen LogP contribution in [0.15, 0.2) is 17.5 Å². The SMILES string of the molecule is CC(C)OCCCNC(=O)C1CCN(C(=O)Nc2cccs2)CC1. The predicted molar refractivity (Wildman–Crippen MR) is 96.3 cm³/mol. The molecule has 1 aliphatic rings. The Hall–Kier alpha value is -1.60. The molecule has 24 heavy (non-hydrogen) atoms. The first-order chi connectivity index (χ1) is 11.6. The first kappa shape index (κ1) is 18.7. The number of carbonyl (C=O) groups is 2. The summed E-state index contributed by atoms with van der Waals surface area (Å²) in [6.45, 7) is 6.54. The van der Waals surface area contributed by atoms with E-state index < -0.39 is 0 Å². The Morgan fingerprint density at radius 2 is 2.12 bits per heavy atom. The number of likely N-dealkylation sites (tertiary alicyclic amines) is 1. The Bertz CT molecular complexity index is 511. The van der Waals surface area contributed by atoms with E-state index in [0.717, 1.165) is 11.4 Å². The lowest BCUT2D eigenvalue weighted by molar-refractivity contribution is -0.126. The molecule has 134 valence electrons. The standard InChI is InChI=1S/C17H27N3O3S/c1-13(2)23-11-4-8-18-16(21)14-6-9-20(10-7-14)17(22)19-15-5-3-12-24-15/h3,5,12-14H,4,6-11H2,1-2H3,(H,18,21)(H,19,22). The number of hydrogen-bond acceptors (Lipinski definition) is 4. The zero-order valence-corrected chi connectivity index (χ0v) is 15.2. The van der Waals surface area contributed by atoms with Crippen LogP contribution in [-0.2, 0) is 9.53 Å². The number of anilines is 1. The molecule has 2 rings (SSSR count). The highest BCUT2D eigenvalue weighted by atomic mass is 32.1. The fourth-order valence-electron chi connectivity index (χ4n) is 2.63. The second kappa shape index (κ2) is 9.64. The molecule has 1 aliphatic heterocycles. The normalized spacial score (nSPS) is 15.5. The van der Waals surface area contributed by atoms with Gasteiger partial charge < -0.3 is 15.0 Å². The highest BCUT2D eigenvalue weighted by Crippen LogP contribution is 2.20. The van der Waals surface area contributed by atoms with Crippen LogP contribution in [0.2, 0.25) is 0 Å². The van der Waals surface area contributed by atoms with Crippen molar-refractivity contribution in [2.45, 2.75) is 39.2 Å². The van der Waals surface area contributed by atoms with Gasteiger partial charge in [0, 0.05) is 32.2 Å². The van der Waals surface area contributed by atoms with Gasteiger partial charge in [-0.1, -0.05) is 0 Å². The van der Waals surface area contributed by atoms with E-state index in [4.69, 9.17) is 4.74 Å². The van der Waals surface area contributed by atoms with Crippen LogP contribution in [0.5, 0.6) is 0 Å². The van der Waals surface area contributed by atoms with Gasteiger partial charge in [-0.3, -0.25) is 10.1 Å². The number of thiophene rings is 1. The topological polar surface area (TPSA) is 70.7 Å². The lowest BCUT2D eigenvalue weighted by Gasteiger charge is -2.31. The minimum atomic E-state index is -0.0813. The third kappa shape index (κ3) is 6.13. The number of ether oxygens (including phenoxy) is 1. The van der Waals surface area contributed by atoms with E-state index in [0.29, 0.717) is 39.1 Å². The molecule has 0 spiro atoms. The third-order valence-corrected chi connectivity index (χ3v) is 4.76. The van der Waals surface area contributed by atoms with E-state index in [1.807, 2.05) is 31.4 Å². The fraction of sp³-hybridized carbons (Fsp3) is 0.647. The minimum absolute atomic E-state index is 0.00167. The van der Waals surface area contributed by atoms with Gasteiger partial charge in [0.15, 0.2) is 0 Å². The molecule has 0 radical (unpaired) electrons. The molecule has 0 bridgehead atoms. The minimum Gasteiger partial charge on any atom is -0.379 e. The molecule has 0 aromatic carbocycles. The molecule has 0 atom stereocenters. The van der Waals surface area contributed by atoms with E-state index in [1.165, 1.54) is 11.3 Å². The zero-order chi connectivity index (χ0) is 17.4. The van der Waals surface area contributed by atoms with Crippen molar-refractivity contribution in [3.63, 3.8) is 0 Å². The molecule has 0 unspecified atom stereocenters. The highest BCUT2D eigenvalue weighted by Gasteiger charge is 2.27. The van der Waals surface area contributed by atoms with Crippen LogP contribution in [0.25, 0.3) is 0 Å². The average Bonchev–Trinajstić information content (AvgIpc) is 3.07. The molecule has 1 saturated heterocycles. The van der Waals surface area contributed by atoms with E-state index in [9.17, 15) is 9.59 Å². The van der Waals surface area contributed by atoms with Crippen LogP contribution in [0.1, 0.15) is 33.1 Å². The molecule has 0 saturated carbocycles. The number of carbonyl (C=O) groups excluding carboxylic acids is 2. The number of hydrogen-bond donors (Lipinski definition) is 2. The second-order valence-electron chi connectivity index (χ2n) is 6.23. The summed E-state index contributed by atoms with van der Waals surface area (Å²) in [6, 6.07) is 3.71. The Morgan fingerprint density at radius 1 is 1.38 bits per heavy atom. The maximum atomic E-state index is 12.2. The molecule has 7 heteroatoms. The predicted octanol–water partition coefficient (Wildman–Crippen LogP) is 2.92. The lowest BCUT2D eigenvalue weighted by Crippen LogP contribution is -2.44. The van der Waals surface area contributed by atoms with Gasteiger partial charge in [-0.15, -0.1) is 11.3 Å². The Labute approximate surface area is 147 Å². The Balaban J connectivity index is 1.62. The summed E-state index contributed by atoms with van der Waals surface area (Å²) < 4.78 is 5.45. The molecule has 0 aliphatic carbocycles. The van der Waals surface area contributed by atoms with Gasteiger partial charge >= 0.3 is 6.03 Å². The second-order valence-corrected chi connectivity index (χ2v) is 7.18. The van der Waals surface area contributed by atoms with E-state index in [-0.39, 0.29) is 24.0 Å². The van der Waals surface area contributed by atoms with E-state index in [1.54, 1.807) is 4.90 Å². The molecule has 2 N–H and O–H groups in total. The lowest BCUT2D eigenvalue weighted by atomic mass is 9.96. The summed E-state index contributed by atoms with van der Waals surface area (Å²) >= 11 is 1.50. The van der Waals surface area contributed by atoms with Gasteiger partial charge in [0.25, 0.3) is 0 Å². The van der Waals surface area contributed by atoms with Crippen molar-refractivity contribution in [3.05, 3.63) is 17.5 Å². The van der Waals surface area contributed by atoms with E-state index in [2.05, 4.69) is 10.6 Å². The van der Waals surface area contributed by atoms with Crippen LogP contribution < -0.4 is 10.6 Å². The van der Waals surface area contributed by atoms with Crippen LogP contribution in [0.3, 0.4) is 0 Å². The molecule has 2 heterocycles. The van der Waals surface area contributed by atoms with Crippen molar-refractivity contribution in [2.24, 2.45) is 5.92 Å². The van der Waals surface area contributed by atoms with Crippen molar-refractivity contribution < 1.29 is 14.3 Å². The summed E-state index contributed by atoms with van der Waals surface area (Å²) in [5.41, 5.74) is 0. The number of nitrogens with zero attached hydrogens (tertiary/aromatic N) is 1. The van der Waals surface area contributed by atoms with Crippen molar-refractivity contribution in [1.29, 1.82) is 0 Å². The summed E-state index contributed by atoms with van der Waals surface area (Å²) in [5.74, 6) is 0.0969. The molecule has 6 nitrogen and oxygen atoms in total. The molecular formula is C17H27N3O3S. The molecule has 1 aromatic rings. The van der Waals surface area contributed by atoms with Gasteiger partial charge in [-0.05, 0) is 50.6 Å². The number of amides is 3. The van der Waals surface area contributed by atoms with Crippen molar-refractivity contribution in [3.8, 4) is 0 Å². The monoisotopic (exact) mass is 353 g/mol. The summed E-state index contributed by atoms with van der Waals surface area (Å²) in [6.07, 6.45) is 2.48. The molecular weight excluding hydrogens is 326 g/mol. The van der Waals surface area contributed by atoms with Crippen LogP contribution in [0, 0.1) is 5.92 Å². The summed E-state index contributed by atoms with van der Waals surface area (Å²) in [5, 5.41) is 8.63. The van der Waals surface area contributed by atoms with Crippen LogP contribution >= 0.6 is 11.3 Å². The molecule has 1 fully saturated rings. The van der Waals surface area contributed by atoms with Crippen molar-refractivity contribution >= 4 is 28.3 Å². The average molecular weight is 353 g/mol. The molecule has 3 amide bonds. The highest BCUT2D eigenvalue weighted by molar-refractivity contribution is 7.14. The Kier molecular flexibility index (Phi) is 7.52. The number of urea groups is 1. The van der Waals surface area contributed by atoms with Gasteiger partial charge in [0.2, 0.25) is 5.91 Å². The van der Waals surface area contributed by atoms with E-state index >= 15 is 0 Å². The number of nitrogens with one attached hydrogen (secondary N) is 2. The van der Waals surface area contributed by atoms with Gasteiger partial charge in [-0.2, -0.15) is 0 Å². The maximum absolute atomic E-state index is 12.2. The van der Waals surface area contributed by atoms with Crippen molar-refractivity contribution in [2.75, 3.05) is 31.6 Å². The molecule has 1 aromatic heterocycles. The van der Waals surface area contributed by atoms with Crippen LogP contribution in [0.4, 0.5) is 9.80 Å². The van der Waals surface area contributed by atoms with Gasteiger partial charge in [0.05, 0.1) is 11.1 Å². The smallest absolute Gasteiger partial charge is 0.322 e. The summed E-state index contributed by atoms with van der Waals surface area (Å²) in [7, 11) is 0. The quantitative estimate of drug-likeness (QED) is 0.741. The van der Waals surface area contributed by atoms with Gasteiger partial charge in [0.1, 0.15) is 0 Å². The zero-order valence-electron chi connectivity index (χ0n) is 14.4. The van der Waals surface area contributed by atoms with Crippen molar-refractivity contribution in [1.82, 2.24) is 10.2 Å².